The third-order valence-corrected chi connectivity index (χ3v) is 5.34. The summed E-state index contributed by atoms with van der Waals surface area (Å²) >= 11 is 0. The Hall–Kier alpha value is -0.610. The lowest BCUT2D eigenvalue weighted by Crippen LogP contribution is -2.49. The monoisotopic (exact) mass is 295 g/mol. The standard InChI is InChI=1S/C17H33N3O/c1-2-19(16-10-6-5-9-15(16)13-18)14-17(21)20-11-7-3-4-8-12-20/h15-16H,2-14,18H2,1H3. The van der Waals surface area contributed by atoms with E-state index < -0.39 is 0 Å². The molecule has 2 atom stereocenters. The highest BCUT2D eigenvalue weighted by Gasteiger charge is 2.30. The molecule has 1 heterocycles. The van der Waals surface area contributed by atoms with Crippen LogP contribution >= 0.6 is 0 Å². The molecule has 1 aliphatic heterocycles. The van der Waals surface area contributed by atoms with Crippen molar-refractivity contribution in [3.63, 3.8) is 0 Å². The highest BCUT2D eigenvalue weighted by Crippen LogP contribution is 2.27. The van der Waals surface area contributed by atoms with Crippen LogP contribution in [0.15, 0.2) is 0 Å². The molecule has 1 amide bonds. The summed E-state index contributed by atoms with van der Waals surface area (Å²) in [5.74, 6) is 0.913. The molecule has 1 saturated carbocycles. The summed E-state index contributed by atoms with van der Waals surface area (Å²) in [5, 5.41) is 0. The van der Waals surface area contributed by atoms with Crippen LogP contribution in [0.5, 0.6) is 0 Å². The van der Waals surface area contributed by atoms with Crippen LogP contribution < -0.4 is 5.73 Å². The number of likely N-dealkylation sites (N-methyl/N-ethyl adjacent to an activating group) is 1. The number of nitrogens with two attached hydrogens (primary N) is 1. The number of carbonyl (C=O) groups is 1. The van der Waals surface area contributed by atoms with Gasteiger partial charge in [-0.05, 0) is 44.7 Å². The molecule has 0 spiro atoms. The molecule has 2 rings (SSSR count). The van der Waals surface area contributed by atoms with Crippen LogP contribution in [-0.2, 0) is 4.79 Å². The van der Waals surface area contributed by atoms with Crippen molar-refractivity contribution in [3.8, 4) is 0 Å². The Labute approximate surface area is 130 Å². The number of nitrogens with zero attached hydrogens (tertiary/aromatic N) is 2. The maximum absolute atomic E-state index is 12.6. The summed E-state index contributed by atoms with van der Waals surface area (Å²) in [5.41, 5.74) is 5.96. The minimum absolute atomic E-state index is 0.333. The average molecular weight is 295 g/mol. The Morgan fingerprint density at radius 2 is 1.76 bits per heavy atom. The first kappa shape index (κ1) is 16.8. The van der Waals surface area contributed by atoms with Crippen LogP contribution in [0.3, 0.4) is 0 Å². The number of carbonyl (C=O) groups excluding carboxylic acids is 1. The zero-order chi connectivity index (χ0) is 15.1. The molecule has 2 aliphatic rings. The molecule has 2 fully saturated rings. The summed E-state index contributed by atoms with van der Waals surface area (Å²) in [6.45, 7) is 6.41. The van der Waals surface area contributed by atoms with Crippen LogP contribution in [-0.4, -0.2) is 54.5 Å². The Morgan fingerprint density at radius 3 is 2.38 bits per heavy atom. The van der Waals surface area contributed by atoms with E-state index >= 15 is 0 Å². The van der Waals surface area contributed by atoms with Crippen molar-refractivity contribution in [2.75, 3.05) is 32.7 Å². The van der Waals surface area contributed by atoms with Crippen molar-refractivity contribution in [2.45, 2.75) is 64.3 Å². The minimum Gasteiger partial charge on any atom is -0.342 e. The van der Waals surface area contributed by atoms with Gasteiger partial charge < -0.3 is 10.6 Å². The molecule has 1 saturated heterocycles. The first-order chi connectivity index (χ1) is 10.3. The third-order valence-electron chi connectivity index (χ3n) is 5.34. The number of likely N-dealkylation sites (tertiary alicyclic amines) is 1. The third kappa shape index (κ3) is 4.68. The van der Waals surface area contributed by atoms with Crippen LogP contribution in [0.4, 0.5) is 0 Å². The molecule has 0 aromatic heterocycles. The van der Waals surface area contributed by atoms with E-state index in [0.29, 0.717) is 24.4 Å². The molecule has 1 aliphatic carbocycles. The van der Waals surface area contributed by atoms with Crippen molar-refractivity contribution >= 4 is 5.91 Å². The predicted molar refractivity (Wildman–Crippen MR) is 87.1 cm³/mol. The Kier molecular flexibility index (Phi) is 6.97. The van der Waals surface area contributed by atoms with Gasteiger partial charge in [0.25, 0.3) is 0 Å². The van der Waals surface area contributed by atoms with Gasteiger partial charge in [0.05, 0.1) is 6.54 Å². The zero-order valence-electron chi connectivity index (χ0n) is 13.7. The molecular weight excluding hydrogens is 262 g/mol. The Balaban J connectivity index is 1.92. The number of hydrogen-bond acceptors (Lipinski definition) is 3. The largest absolute Gasteiger partial charge is 0.342 e. The lowest BCUT2D eigenvalue weighted by molar-refractivity contribution is -0.133. The maximum Gasteiger partial charge on any atom is 0.236 e. The summed E-state index contributed by atoms with van der Waals surface area (Å²) in [6.07, 6.45) is 9.93. The van der Waals surface area contributed by atoms with Gasteiger partial charge in [-0.3, -0.25) is 9.69 Å². The molecule has 4 heteroatoms. The van der Waals surface area contributed by atoms with Crippen molar-refractivity contribution in [1.82, 2.24) is 9.80 Å². The lowest BCUT2D eigenvalue weighted by Gasteiger charge is -2.39. The second-order valence-corrected chi connectivity index (χ2v) is 6.71. The summed E-state index contributed by atoms with van der Waals surface area (Å²) < 4.78 is 0. The van der Waals surface area contributed by atoms with E-state index in [-0.39, 0.29) is 0 Å². The van der Waals surface area contributed by atoms with Crippen molar-refractivity contribution in [2.24, 2.45) is 11.7 Å². The fourth-order valence-electron chi connectivity index (χ4n) is 4.00. The normalized spacial score (nSPS) is 27.7. The number of amides is 1. The van der Waals surface area contributed by atoms with Crippen LogP contribution in [0.1, 0.15) is 58.3 Å². The van der Waals surface area contributed by atoms with E-state index in [1.165, 1.54) is 51.4 Å². The summed E-state index contributed by atoms with van der Waals surface area (Å²) in [7, 11) is 0. The SMILES string of the molecule is CCN(CC(=O)N1CCCCCC1)C1CCCCC1CN. The van der Waals surface area contributed by atoms with E-state index in [1.807, 2.05) is 0 Å². The van der Waals surface area contributed by atoms with Gasteiger partial charge in [-0.2, -0.15) is 0 Å². The average Bonchev–Trinajstić information content (AvgIpc) is 2.81. The van der Waals surface area contributed by atoms with Gasteiger partial charge in [0, 0.05) is 19.1 Å². The maximum atomic E-state index is 12.6. The number of rotatable bonds is 5. The van der Waals surface area contributed by atoms with Gasteiger partial charge in [-0.25, -0.2) is 0 Å². The number of hydrogen-bond donors (Lipinski definition) is 1. The molecule has 122 valence electrons. The van der Waals surface area contributed by atoms with Crippen LogP contribution in [0.2, 0.25) is 0 Å². The molecule has 0 aromatic carbocycles. The first-order valence-electron chi connectivity index (χ1n) is 8.98. The van der Waals surface area contributed by atoms with Gasteiger partial charge in [0.2, 0.25) is 5.91 Å². The van der Waals surface area contributed by atoms with Gasteiger partial charge in [-0.1, -0.05) is 32.6 Å². The van der Waals surface area contributed by atoms with Crippen molar-refractivity contribution < 1.29 is 4.79 Å². The van der Waals surface area contributed by atoms with Gasteiger partial charge >= 0.3 is 0 Å². The van der Waals surface area contributed by atoms with Crippen LogP contribution in [0, 0.1) is 5.92 Å². The summed E-state index contributed by atoms with van der Waals surface area (Å²) in [6, 6.07) is 0.518. The fourth-order valence-corrected chi connectivity index (χ4v) is 4.00. The molecule has 0 bridgehead atoms. The molecule has 4 nitrogen and oxygen atoms in total. The zero-order valence-corrected chi connectivity index (χ0v) is 13.7. The molecular formula is C17H33N3O. The molecule has 0 aromatic rings. The summed E-state index contributed by atoms with van der Waals surface area (Å²) in [4.78, 5) is 17.1. The van der Waals surface area contributed by atoms with Gasteiger partial charge in [-0.15, -0.1) is 0 Å². The van der Waals surface area contributed by atoms with Crippen molar-refractivity contribution in [1.29, 1.82) is 0 Å². The minimum atomic E-state index is 0.333. The Morgan fingerprint density at radius 1 is 1.10 bits per heavy atom. The Bertz CT molecular complexity index is 313. The molecule has 2 unspecified atom stereocenters. The first-order valence-corrected chi connectivity index (χ1v) is 8.98. The van der Waals surface area contributed by atoms with E-state index in [0.717, 1.165) is 26.2 Å². The molecule has 2 N–H and O–H groups in total. The second kappa shape index (κ2) is 8.74. The topological polar surface area (TPSA) is 49.6 Å². The molecule has 21 heavy (non-hydrogen) atoms. The van der Waals surface area contributed by atoms with E-state index in [9.17, 15) is 4.79 Å². The highest BCUT2D eigenvalue weighted by molar-refractivity contribution is 5.78. The smallest absolute Gasteiger partial charge is 0.236 e. The lowest BCUT2D eigenvalue weighted by atomic mass is 9.83. The van der Waals surface area contributed by atoms with Crippen LogP contribution in [0.25, 0.3) is 0 Å². The van der Waals surface area contributed by atoms with Gasteiger partial charge in [0.1, 0.15) is 0 Å². The predicted octanol–water partition coefficient (Wildman–Crippen LogP) is 2.23. The van der Waals surface area contributed by atoms with E-state index in [1.54, 1.807) is 0 Å². The fraction of sp³-hybridized carbons (Fsp3) is 0.941. The quantitative estimate of drug-likeness (QED) is 0.846. The van der Waals surface area contributed by atoms with E-state index in [4.69, 9.17) is 5.73 Å². The van der Waals surface area contributed by atoms with Gasteiger partial charge in [0.15, 0.2) is 0 Å². The van der Waals surface area contributed by atoms with E-state index in [2.05, 4.69) is 16.7 Å². The highest BCUT2D eigenvalue weighted by atomic mass is 16.2. The van der Waals surface area contributed by atoms with Crippen molar-refractivity contribution in [3.05, 3.63) is 0 Å². The molecule has 0 radical (unpaired) electrons. The second-order valence-electron chi connectivity index (χ2n) is 6.71.